The van der Waals surface area contributed by atoms with E-state index in [1.54, 1.807) is 0 Å². The van der Waals surface area contributed by atoms with Gasteiger partial charge in [-0.15, -0.1) is 0 Å². The Morgan fingerprint density at radius 3 is 2.68 bits per heavy atom. The minimum atomic E-state index is -1.66. The molecule has 0 aliphatic rings. The second-order valence-electron chi connectivity index (χ2n) is 3.85. The summed E-state index contributed by atoms with van der Waals surface area (Å²) < 4.78 is 31.5. The Kier molecular flexibility index (Phi) is 4.08. The van der Waals surface area contributed by atoms with Gasteiger partial charge >= 0.3 is 7.12 Å². The van der Waals surface area contributed by atoms with Crippen LogP contribution < -0.4 is 10.2 Å². The second kappa shape index (κ2) is 5.77. The molecular formula is C12H10BF2NO3. The van der Waals surface area contributed by atoms with Crippen LogP contribution in [0.25, 0.3) is 0 Å². The van der Waals surface area contributed by atoms with Gasteiger partial charge in [0.25, 0.3) is 0 Å². The van der Waals surface area contributed by atoms with Crippen LogP contribution in [0.1, 0.15) is 5.56 Å². The number of aromatic nitrogens is 1. The minimum absolute atomic E-state index is 0.0648. The third kappa shape index (κ3) is 3.49. The Bertz CT molecular complexity index is 581. The molecule has 1 heterocycles. The lowest BCUT2D eigenvalue weighted by Gasteiger charge is -2.08. The maximum absolute atomic E-state index is 13.3. The molecular weight excluding hydrogens is 255 g/mol. The standard InChI is InChI=1S/C12H10BF2NO3/c14-10-1-2-12(15)8(3-10)7-19-11-4-9(13(17)18)5-16-6-11/h1-6,17-18H,7H2. The Labute approximate surface area is 108 Å². The normalized spacial score (nSPS) is 10.3. The van der Waals surface area contributed by atoms with E-state index in [0.29, 0.717) is 0 Å². The van der Waals surface area contributed by atoms with Crippen molar-refractivity contribution in [2.75, 3.05) is 0 Å². The first-order chi connectivity index (χ1) is 9.06. The van der Waals surface area contributed by atoms with Crippen LogP contribution in [0, 0.1) is 11.6 Å². The third-order valence-corrected chi connectivity index (χ3v) is 2.43. The number of pyridine rings is 1. The van der Waals surface area contributed by atoms with Crippen LogP contribution in [0.4, 0.5) is 8.78 Å². The van der Waals surface area contributed by atoms with Crippen molar-refractivity contribution in [1.82, 2.24) is 4.98 Å². The number of rotatable bonds is 4. The summed E-state index contributed by atoms with van der Waals surface area (Å²) >= 11 is 0. The summed E-state index contributed by atoms with van der Waals surface area (Å²) in [4.78, 5) is 3.75. The fraction of sp³-hybridized carbons (Fsp3) is 0.0833. The lowest BCUT2D eigenvalue weighted by atomic mass is 9.82. The van der Waals surface area contributed by atoms with E-state index in [1.807, 2.05) is 0 Å². The van der Waals surface area contributed by atoms with Crippen LogP contribution in [0.5, 0.6) is 5.75 Å². The SMILES string of the molecule is OB(O)c1cncc(OCc2cc(F)ccc2F)c1. The highest BCUT2D eigenvalue weighted by molar-refractivity contribution is 6.58. The summed E-state index contributed by atoms with van der Waals surface area (Å²) in [6, 6.07) is 4.42. The van der Waals surface area contributed by atoms with E-state index in [1.165, 1.54) is 18.5 Å². The smallest absolute Gasteiger partial charge is 0.487 e. The monoisotopic (exact) mass is 265 g/mol. The first-order valence-electron chi connectivity index (χ1n) is 5.44. The predicted molar refractivity (Wildman–Crippen MR) is 64.8 cm³/mol. The van der Waals surface area contributed by atoms with Gasteiger partial charge in [0.15, 0.2) is 0 Å². The molecule has 2 N–H and O–H groups in total. The van der Waals surface area contributed by atoms with Crippen molar-refractivity contribution >= 4 is 12.6 Å². The van der Waals surface area contributed by atoms with Gasteiger partial charge in [0.2, 0.25) is 0 Å². The van der Waals surface area contributed by atoms with Gasteiger partial charge in [-0.3, -0.25) is 4.98 Å². The Morgan fingerprint density at radius 1 is 1.16 bits per heavy atom. The second-order valence-corrected chi connectivity index (χ2v) is 3.85. The van der Waals surface area contributed by atoms with Gasteiger partial charge in [0.1, 0.15) is 24.0 Å². The average Bonchev–Trinajstić information content (AvgIpc) is 2.40. The summed E-state index contributed by atoms with van der Waals surface area (Å²) in [5.74, 6) is -0.903. The highest BCUT2D eigenvalue weighted by Gasteiger charge is 2.12. The molecule has 0 unspecified atom stereocenters. The Morgan fingerprint density at radius 2 is 1.95 bits per heavy atom. The molecule has 0 aliphatic heterocycles. The summed E-state index contributed by atoms with van der Waals surface area (Å²) in [6.07, 6.45) is 2.60. The topological polar surface area (TPSA) is 62.6 Å². The molecule has 2 rings (SSSR count). The van der Waals surface area contributed by atoms with Gasteiger partial charge in [0.05, 0.1) is 6.20 Å². The molecule has 4 nitrogen and oxygen atoms in total. The van der Waals surface area contributed by atoms with Crippen molar-refractivity contribution in [2.45, 2.75) is 6.61 Å². The number of nitrogens with zero attached hydrogens (tertiary/aromatic N) is 1. The molecule has 0 saturated heterocycles. The zero-order valence-electron chi connectivity index (χ0n) is 9.75. The quantitative estimate of drug-likeness (QED) is 0.795. The summed E-state index contributed by atoms with van der Waals surface area (Å²) in [6.45, 7) is -0.184. The van der Waals surface area contributed by atoms with Crippen LogP contribution in [0.2, 0.25) is 0 Å². The molecule has 2 aromatic rings. The molecule has 0 radical (unpaired) electrons. The van der Waals surface area contributed by atoms with E-state index in [4.69, 9.17) is 14.8 Å². The molecule has 19 heavy (non-hydrogen) atoms. The Balaban J connectivity index is 2.10. The molecule has 1 aromatic carbocycles. The Hall–Kier alpha value is -1.99. The van der Waals surface area contributed by atoms with Crippen molar-refractivity contribution < 1.29 is 23.6 Å². The van der Waals surface area contributed by atoms with Crippen LogP contribution in [-0.2, 0) is 6.61 Å². The molecule has 0 aliphatic carbocycles. The van der Waals surface area contributed by atoms with Crippen LogP contribution in [0.3, 0.4) is 0 Å². The lowest BCUT2D eigenvalue weighted by molar-refractivity contribution is 0.298. The largest absolute Gasteiger partial charge is 0.490 e. The van der Waals surface area contributed by atoms with E-state index >= 15 is 0 Å². The van der Waals surface area contributed by atoms with Gasteiger partial charge in [-0.25, -0.2) is 8.78 Å². The summed E-state index contributed by atoms with van der Waals surface area (Å²) in [5.41, 5.74) is 0.215. The van der Waals surface area contributed by atoms with Gasteiger partial charge in [-0.1, -0.05) is 0 Å². The fourth-order valence-electron chi connectivity index (χ4n) is 1.47. The maximum atomic E-state index is 13.3. The predicted octanol–water partition coefficient (Wildman–Crippen LogP) is 0.619. The van der Waals surface area contributed by atoms with Crippen molar-refractivity contribution in [3.05, 3.63) is 53.9 Å². The number of hydrogen-bond donors (Lipinski definition) is 2. The number of hydrogen-bond acceptors (Lipinski definition) is 4. The number of benzene rings is 1. The molecule has 0 amide bonds. The molecule has 0 fully saturated rings. The minimum Gasteiger partial charge on any atom is -0.487 e. The first kappa shape index (κ1) is 13.4. The number of halogens is 2. The van der Waals surface area contributed by atoms with Crippen molar-refractivity contribution in [3.63, 3.8) is 0 Å². The fourth-order valence-corrected chi connectivity index (χ4v) is 1.47. The van der Waals surface area contributed by atoms with E-state index in [-0.39, 0.29) is 23.4 Å². The maximum Gasteiger partial charge on any atom is 0.490 e. The molecule has 7 heteroatoms. The summed E-state index contributed by atoms with van der Waals surface area (Å²) in [7, 11) is -1.66. The molecule has 0 spiro atoms. The summed E-state index contributed by atoms with van der Waals surface area (Å²) in [5, 5.41) is 17.9. The molecule has 98 valence electrons. The lowest BCUT2D eigenvalue weighted by Crippen LogP contribution is -2.30. The molecule has 1 aromatic heterocycles. The number of ether oxygens (including phenoxy) is 1. The van der Waals surface area contributed by atoms with Crippen molar-refractivity contribution in [2.24, 2.45) is 0 Å². The van der Waals surface area contributed by atoms with E-state index < -0.39 is 18.8 Å². The molecule has 0 saturated carbocycles. The highest BCUT2D eigenvalue weighted by Crippen LogP contribution is 2.13. The first-order valence-corrected chi connectivity index (χ1v) is 5.44. The van der Waals surface area contributed by atoms with E-state index in [0.717, 1.165) is 18.2 Å². The third-order valence-electron chi connectivity index (χ3n) is 2.43. The van der Waals surface area contributed by atoms with Crippen molar-refractivity contribution in [3.8, 4) is 5.75 Å². The van der Waals surface area contributed by atoms with E-state index in [2.05, 4.69) is 4.98 Å². The van der Waals surface area contributed by atoms with Gasteiger partial charge in [-0.05, 0) is 24.3 Å². The van der Waals surface area contributed by atoms with Crippen LogP contribution in [-0.4, -0.2) is 22.2 Å². The molecule has 0 atom stereocenters. The average molecular weight is 265 g/mol. The van der Waals surface area contributed by atoms with Crippen LogP contribution in [0.15, 0.2) is 36.7 Å². The van der Waals surface area contributed by atoms with Gasteiger partial charge in [-0.2, -0.15) is 0 Å². The zero-order valence-corrected chi connectivity index (χ0v) is 9.75. The van der Waals surface area contributed by atoms with Crippen molar-refractivity contribution in [1.29, 1.82) is 0 Å². The highest BCUT2D eigenvalue weighted by atomic mass is 19.1. The van der Waals surface area contributed by atoms with E-state index in [9.17, 15) is 8.78 Å². The van der Waals surface area contributed by atoms with Gasteiger partial charge in [0, 0.05) is 17.2 Å². The zero-order chi connectivity index (χ0) is 13.8. The van der Waals surface area contributed by atoms with Crippen LogP contribution >= 0.6 is 0 Å². The van der Waals surface area contributed by atoms with Gasteiger partial charge < -0.3 is 14.8 Å². The molecule has 0 bridgehead atoms.